The van der Waals surface area contributed by atoms with Crippen molar-refractivity contribution in [2.45, 2.75) is 68.0 Å². The van der Waals surface area contributed by atoms with Gasteiger partial charge in [0.2, 0.25) is 0 Å². The SMILES string of the molecule is CCCC[P+](CCCC)(CC(=O)O)C(=N)C(CC)(S(=O)(=O)C(F)(F)F)S(=O)(=O)C(F)(F)F. The van der Waals surface area contributed by atoms with E-state index in [4.69, 9.17) is 5.41 Å². The van der Waals surface area contributed by atoms with Gasteiger partial charge >= 0.3 is 17.0 Å². The number of sulfone groups is 2. The zero-order valence-electron chi connectivity index (χ0n) is 17.7. The summed E-state index contributed by atoms with van der Waals surface area (Å²) in [5.74, 6) is -1.67. The van der Waals surface area contributed by atoms with Crippen molar-refractivity contribution >= 4 is 38.4 Å². The number of hydrogen-bond donors (Lipinski definition) is 2. The summed E-state index contributed by atoms with van der Waals surface area (Å²) in [5.41, 5.74) is -14.7. The van der Waals surface area contributed by atoms with Crippen LogP contribution in [0.3, 0.4) is 0 Å². The molecule has 0 aromatic carbocycles. The molecule has 0 bridgehead atoms. The molecule has 0 aliphatic heterocycles. The molecule has 0 fully saturated rings. The molecule has 0 heterocycles. The van der Waals surface area contributed by atoms with Crippen LogP contribution in [0.1, 0.15) is 52.9 Å². The highest BCUT2D eigenvalue weighted by Crippen LogP contribution is 2.66. The fourth-order valence-corrected chi connectivity index (χ4v) is 13.4. The van der Waals surface area contributed by atoms with Crippen molar-refractivity contribution < 1.29 is 53.1 Å². The van der Waals surface area contributed by atoms with E-state index in [1.807, 2.05) is 0 Å². The smallest absolute Gasteiger partial charge is 0.479 e. The number of carboxylic acid groups (broad SMARTS) is 1. The molecule has 0 spiro atoms. The van der Waals surface area contributed by atoms with Crippen LogP contribution < -0.4 is 0 Å². The summed E-state index contributed by atoms with van der Waals surface area (Å²) in [6.07, 6.45) is -2.84. The van der Waals surface area contributed by atoms with Crippen LogP contribution in [-0.4, -0.2) is 66.9 Å². The van der Waals surface area contributed by atoms with Gasteiger partial charge in [0.1, 0.15) is 0 Å². The van der Waals surface area contributed by atoms with E-state index in [0.29, 0.717) is 19.8 Å². The fourth-order valence-electron chi connectivity index (χ4n) is 3.43. The van der Waals surface area contributed by atoms with Gasteiger partial charge in [0.25, 0.3) is 23.8 Å². The van der Waals surface area contributed by atoms with Gasteiger partial charge < -0.3 is 5.11 Å². The second-order valence-corrected chi connectivity index (χ2v) is 15.7. The van der Waals surface area contributed by atoms with Crippen molar-refractivity contribution in [3.63, 3.8) is 0 Å². The lowest BCUT2D eigenvalue weighted by Gasteiger charge is -2.37. The Bertz CT molecular complexity index is 847. The first-order valence-corrected chi connectivity index (χ1v) is 14.9. The van der Waals surface area contributed by atoms with Crippen molar-refractivity contribution in [1.82, 2.24) is 0 Å². The first-order valence-electron chi connectivity index (χ1n) is 9.55. The van der Waals surface area contributed by atoms with E-state index in [9.17, 15) is 53.1 Å². The molecule has 2 N–H and O–H groups in total. The van der Waals surface area contributed by atoms with Gasteiger partial charge in [-0.1, -0.05) is 33.6 Å². The Morgan fingerprint density at radius 1 is 0.844 bits per heavy atom. The van der Waals surface area contributed by atoms with Gasteiger partial charge in [0.05, 0.1) is 19.6 Å². The number of rotatable bonds is 13. The molecular weight excluding hydrogens is 511 g/mol. The second kappa shape index (κ2) is 10.5. The molecule has 0 atom stereocenters. The maximum atomic E-state index is 13.5. The Morgan fingerprint density at radius 3 is 1.41 bits per heavy atom. The van der Waals surface area contributed by atoms with Crippen LogP contribution in [0.15, 0.2) is 0 Å². The summed E-state index contributed by atoms with van der Waals surface area (Å²) >= 11 is 0. The minimum Gasteiger partial charge on any atom is -0.479 e. The minimum absolute atomic E-state index is 0.0606. The normalized spacial score (nSPS) is 14.4. The van der Waals surface area contributed by atoms with Gasteiger partial charge in [-0.15, -0.1) is 0 Å². The highest BCUT2D eigenvalue weighted by molar-refractivity contribution is 8.15. The fraction of sp³-hybridized carbons (Fsp3) is 0.875. The van der Waals surface area contributed by atoms with Crippen LogP contribution in [0, 0.1) is 5.41 Å². The van der Waals surface area contributed by atoms with E-state index < -0.39 is 66.0 Å². The molecule has 190 valence electrons. The van der Waals surface area contributed by atoms with E-state index in [0.717, 1.165) is 0 Å². The Labute approximate surface area is 183 Å². The second-order valence-electron chi connectivity index (χ2n) is 7.20. The molecule has 0 amide bonds. The summed E-state index contributed by atoms with van der Waals surface area (Å²) in [5, 5.41) is 17.7. The first kappa shape index (κ1) is 31.0. The zero-order chi connectivity index (χ0) is 25.8. The topological polar surface area (TPSA) is 129 Å². The lowest BCUT2D eigenvalue weighted by molar-refractivity contribution is -0.134. The third kappa shape index (κ3) is 5.40. The number of carbonyl (C=O) groups is 1. The highest BCUT2D eigenvalue weighted by Gasteiger charge is 2.78. The molecule has 7 nitrogen and oxygen atoms in total. The van der Waals surface area contributed by atoms with Crippen molar-refractivity contribution in [1.29, 1.82) is 5.41 Å². The monoisotopic (exact) mass is 538 g/mol. The first-order chi connectivity index (χ1) is 14.3. The van der Waals surface area contributed by atoms with Crippen LogP contribution in [0.5, 0.6) is 0 Å². The molecule has 0 rings (SSSR count). The molecule has 0 aliphatic carbocycles. The minimum atomic E-state index is -7.16. The molecule has 0 radical (unpaired) electrons. The average Bonchev–Trinajstić information content (AvgIpc) is 2.62. The summed E-state index contributed by atoms with van der Waals surface area (Å²) in [6, 6.07) is 0. The van der Waals surface area contributed by atoms with Gasteiger partial charge in [0.15, 0.2) is 11.6 Å². The molecule has 0 unspecified atom stereocenters. The van der Waals surface area contributed by atoms with E-state index >= 15 is 0 Å². The standard InChI is InChI=1S/C16H26F6NO6PS2/c1-4-7-9-30(10-8-5-2,11-12(24)25)13(23)14(6-3,31(26,27)15(17,18)19)32(28,29)16(20,21)22/h23H,4-11H2,1-3H3/p+1. The van der Waals surface area contributed by atoms with Crippen LogP contribution in [-0.2, 0) is 24.5 Å². The summed E-state index contributed by atoms with van der Waals surface area (Å²) in [7, 11) is -18.2. The van der Waals surface area contributed by atoms with Crippen molar-refractivity contribution in [3.8, 4) is 0 Å². The van der Waals surface area contributed by atoms with Crippen molar-refractivity contribution in [2.24, 2.45) is 0 Å². The third-order valence-electron chi connectivity index (χ3n) is 5.10. The summed E-state index contributed by atoms with van der Waals surface area (Å²) in [6.45, 7) is 3.67. The van der Waals surface area contributed by atoms with Crippen LogP contribution >= 0.6 is 7.26 Å². The van der Waals surface area contributed by atoms with E-state index in [-0.39, 0.29) is 25.2 Å². The zero-order valence-corrected chi connectivity index (χ0v) is 20.2. The number of alkyl halides is 6. The Kier molecular flexibility index (Phi) is 10.2. The highest BCUT2D eigenvalue weighted by atomic mass is 32.3. The van der Waals surface area contributed by atoms with Crippen LogP contribution in [0.25, 0.3) is 0 Å². The predicted molar refractivity (Wildman–Crippen MR) is 110 cm³/mol. The lowest BCUT2D eigenvalue weighted by Crippen LogP contribution is -2.61. The molecule has 32 heavy (non-hydrogen) atoms. The number of carboxylic acids is 1. The molecule has 16 heteroatoms. The molecular formula is C16H27F6NO6PS2+. The van der Waals surface area contributed by atoms with Crippen LogP contribution in [0.4, 0.5) is 26.3 Å². The van der Waals surface area contributed by atoms with Gasteiger partial charge in [-0.3, -0.25) is 5.41 Å². The van der Waals surface area contributed by atoms with E-state index in [2.05, 4.69) is 0 Å². The maximum absolute atomic E-state index is 13.5. The number of hydrogen-bond acceptors (Lipinski definition) is 6. The molecule has 0 saturated heterocycles. The Hall–Kier alpha value is -0.950. The third-order valence-corrected chi connectivity index (χ3v) is 15.2. The van der Waals surface area contributed by atoms with E-state index in [1.54, 1.807) is 13.8 Å². The average molecular weight is 538 g/mol. The van der Waals surface area contributed by atoms with Gasteiger partial charge in [-0.2, -0.15) is 26.3 Å². The van der Waals surface area contributed by atoms with Crippen molar-refractivity contribution in [3.05, 3.63) is 0 Å². The molecule has 0 aliphatic rings. The largest absolute Gasteiger partial charge is 0.499 e. The Balaban J connectivity index is 7.65. The van der Waals surface area contributed by atoms with Crippen molar-refractivity contribution in [2.75, 3.05) is 18.5 Å². The van der Waals surface area contributed by atoms with Gasteiger partial charge in [0, 0.05) is 0 Å². The van der Waals surface area contributed by atoms with Gasteiger partial charge in [-0.25, -0.2) is 21.6 Å². The van der Waals surface area contributed by atoms with E-state index in [1.165, 1.54) is 0 Å². The lowest BCUT2D eigenvalue weighted by atomic mass is 10.3. The summed E-state index contributed by atoms with van der Waals surface area (Å²) in [4.78, 5) is 11.5. The predicted octanol–water partition coefficient (Wildman–Crippen LogP) is 4.64. The number of aliphatic carboxylic acids is 1. The number of unbranched alkanes of at least 4 members (excludes halogenated alkanes) is 2. The number of nitrogens with one attached hydrogen (secondary N) is 1. The van der Waals surface area contributed by atoms with Crippen LogP contribution in [0.2, 0.25) is 0 Å². The summed E-state index contributed by atoms with van der Waals surface area (Å²) < 4.78 is 126. The Morgan fingerprint density at radius 2 is 1.19 bits per heavy atom. The molecule has 0 aromatic heterocycles. The molecule has 0 aromatic rings. The number of halogens is 6. The molecule has 0 saturated carbocycles. The quantitative estimate of drug-likeness (QED) is 0.200. The van der Waals surface area contributed by atoms with Gasteiger partial charge in [-0.05, 0) is 19.3 Å². The maximum Gasteiger partial charge on any atom is 0.499 e.